The third kappa shape index (κ3) is 4.33. The summed E-state index contributed by atoms with van der Waals surface area (Å²) in [5, 5.41) is 8.52. The molecule has 7 heteroatoms. The molecule has 0 fully saturated rings. The van der Waals surface area contributed by atoms with Gasteiger partial charge in [-0.15, -0.1) is 0 Å². The lowest BCUT2D eigenvalue weighted by Crippen LogP contribution is -2.31. The Hall–Kier alpha value is -1.63. The van der Waals surface area contributed by atoms with E-state index in [0.717, 1.165) is 22.7 Å². The number of carboxylic acids is 1. The minimum atomic E-state index is -3.51. The van der Waals surface area contributed by atoms with Gasteiger partial charge in [-0.2, -0.15) is 0 Å². The lowest BCUT2D eigenvalue weighted by Gasteiger charge is -2.22. The number of halogens is 1. The molecule has 0 unspecified atom stereocenters. The van der Waals surface area contributed by atoms with E-state index in [-0.39, 0.29) is 19.4 Å². The zero-order valence-electron chi connectivity index (χ0n) is 9.84. The largest absolute Gasteiger partial charge is 0.481 e. The van der Waals surface area contributed by atoms with E-state index in [0.29, 0.717) is 5.69 Å². The molecule has 0 aliphatic carbocycles. The molecular weight excluding hydrogens is 261 g/mol. The number of hydrogen-bond donors (Lipinski definition) is 1. The van der Waals surface area contributed by atoms with Gasteiger partial charge in [0.2, 0.25) is 10.0 Å². The highest BCUT2D eigenvalue weighted by Crippen LogP contribution is 2.18. The Bertz CT molecular complexity index is 512. The van der Waals surface area contributed by atoms with Crippen LogP contribution in [0.25, 0.3) is 0 Å². The number of hydrogen-bond acceptors (Lipinski definition) is 3. The van der Waals surface area contributed by atoms with Crippen LogP contribution < -0.4 is 4.31 Å². The van der Waals surface area contributed by atoms with Crippen LogP contribution in [-0.4, -0.2) is 32.3 Å². The van der Waals surface area contributed by atoms with Crippen LogP contribution in [0.3, 0.4) is 0 Å². The molecule has 0 amide bonds. The highest BCUT2D eigenvalue weighted by Gasteiger charge is 2.17. The van der Waals surface area contributed by atoms with E-state index in [1.54, 1.807) is 0 Å². The third-order valence-electron chi connectivity index (χ3n) is 2.27. The number of anilines is 1. The molecule has 0 heterocycles. The lowest BCUT2D eigenvalue weighted by atomic mass is 10.3. The van der Waals surface area contributed by atoms with Crippen LogP contribution in [0.2, 0.25) is 0 Å². The lowest BCUT2D eigenvalue weighted by molar-refractivity contribution is -0.137. The van der Waals surface area contributed by atoms with E-state index in [2.05, 4.69) is 0 Å². The first-order valence-corrected chi connectivity index (χ1v) is 7.10. The van der Waals surface area contributed by atoms with Gasteiger partial charge in [0.25, 0.3) is 0 Å². The van der Waals surface area contributed by atoms with Gasteiger partial charge in [-0.3, -0.25) is 9.10 Å². The van der Waals surface area contributed by atoms with Crippen molar-refractivity contribution >= 4 is 21.7 Å². The molecule has 0 bridgehead atoms. The fourth-order valence-corrected chi connectivity index (χ4v) is 2.43. The van der Waals surface area contributed by atoms with Crippen LogP contribution in [0.1, 0.15) is 12.8 Å². The molecule has 1 aromatic rings. The minimum Gasteiger partial charge on any atom is -0.481 e. The SMILES string of the molecule is CS(=O)(=O)N(CCCC(=O)O)c1ccc(F)cc1. The molecule has 18 heavy (non-hydrogen) atoms. The van der Waals surface area contributed by atoms with Gasteiger partial charge in [0.05, 0.1) is 11.9 Å². The van der Waals surface area contributed by atoms with E-state index >= 15 is 0 Å². The van der Waals surface area contributed by atoms with Crippen molar-refractivity contribution in [3.05, 3.63) is 30.1 Å². The standard InChI is InChI=1S/C11H14FNO4S/c1-18(16,17)13(8-2-3-11(14)15)10-6-4-9(12)5-7-10/h4-7H,2-3,8H2,1H3,(H,14,15). The molecule has 0 saturated carbocycles. The van der Waals surface area contributed by atoms with Crippen LogP contribution >= 0.6 is 0 Å². The summed E-state index contributed by atoms with van der Waals surface area (Å²) in [6.45, 7) is 0.0523. The number of rotatable bonds is 6. The zero-order valence-corrected chi connectivity index (χ0v) is 10.7. The number of benzene rings is 1. The number of aliphatic carboxylic acids is 1. The summed E-state index contributed by atoms with van der Waals surface area (Å²) in [6, 6.07) is 5.00. The fraction of sp³-hybridized carbons (Fsp3) is 0.364. The smallest absolute Gasteiger partial charge is 0.303 e. The topological polar surface area (TPSA) is 74.7 Å². The molecule has 5 nitrogen and oxygen atoms in total. The first-order valence-electron chi connectivity index (χ1n) is 5.26. The van der Waals surface area contributed by atoms with Gasteiger partial charge in [0.1, 0.15) is 5.82 Å². The van der Waals surface area contributed by atoms with Gasteiger partial charge in [0.15, 0.2) is 0 Å². The average molecular weight is 275 g/mol. The number of carboxylic acid groups (broad SMARTS) is 1. The van der Waals surface area contributed by atoms with Crippen molar-refractivity contribution in [2.45, 2.75) is 12.8 Å². The van der Waals surface area contributed by atoms with Gasteiger partial charge in [-0.1, -0.05) is 0 Å². The Morgan fingerprint density at radius 3 is 2.33 bits per heavy atom. The van der Waals surface area contributed by atoms with Crippen LogP contribution in [0.15, 0.2) is 24.3 Å². The molecule has 0 spiro atoms. The van der Waals surface area contributed by atoms with Crippen molar-refractivity contribution in [2.24, 2.45) is 0 Å². The van der Waals surface area contributed by atoms with Crippen molar-refractivity contribution in [3.63, 3.8) is 0 Å². The molecule has 1 aromatic carbocycles. The summed E-state index contributed by atoms with van der Waals surface area (Å²) in [5.74, 6) is -1.44. The summed E-state index contributed by atoms with van der Waals surface area (Å²) in [6.07, 6.45) is 1.10. The van der Waals surface area contributed by atoms with E-state index in [1.165, 1.54) is 12.1 Å². The van der Waals surface area contributed by atoms with Gasteiger partial charge < -0.3 is 5.11 Å². The number of carbonyl (C=O) groups is 1. The first-order chi connectivity index (χ1) is 8.30. The number of sulfonamides is 1. The Kier molecular flexibility index (Phi) is 4.66. The Labute approximate surface area is 105 Å². The van der Waals surface area contributed by atoms with Crippen molar-refractivity contribution < 1.29 is 22.7 Å². The summed E-state index contributed by atoms with van der Waals surface area (Å²) in [5.41, 5.74) is 0.323. The normalized spacial score (nSPS) is 11.2. The van der Waals surface area contributed by atoms with E-state index in [4.69, 9.17) is 5.11 Å². The van der Waals surface area contributed by atoms with Crippen molar-refractivity contribution in [1.82, 2.24) is 0 Å². The highest BCUT2D eigenvalue weighted by atomic mass is 32.2. The Morgan fingerprint density at radius 2 is 1.89 bits per heavy atom. The van der Waals surface area contributed by atoms with Crippen LogP contribution in [-0.2, 0) is 14.8 Å². The molecule has 0 aliphatic rings. The summed E-state index contributed by atoms with van der Waals surface area (Å²) >= 11 is 0. The summed E-state index contributed by atoms with van der Waals surface area (Å²) in [4.78, 5) is 10.4. The van der Waals surface area contributed by atoms with Gasteiger partial charge in [-0.25, -0.2) is 12.8 Å². The Balaban J connectivity index is 2.86. The molecule has 1 rings (SSSR count). The molecule has 0 aliphatic heterocycles. The zero-order chi connectivity index (χ0) is 13.8. The van der Waals surface area contributed by atoms with E-state index < -0.39 is 21.8 Å². The molecule has 0 saturated heterocycles. The van der Waals surface area contributed by atoms with E-state index in [9.17, 15) is 17.6 Å². The molecular formula is C11H14FNO4S. The second-order valence-electron chi connectivity index (χ2n) is 3.81. The molecule has 100 valence electrons. The van der Waals surface area contributed by atoms with Crippen molar-refractivity contribution in [2.75, 3.05) is 17.1 Å². The van der Waals surface area contributed by atoms with Gasteiger partial charge >= 0.3 is 5.97 Å². The maximum atomic E-state index is 12.8. The van der Waals surface area contributed by atoms with Crippen LogP contribution in [0.4, 0.5) is 10.1 Å². The quantitative estimate of drug-likeness (QED) is 0.852. The fourth-order valence-electron chi connectivity index (χ4n) is 1.47. The molecule has 1 N–H and O–H groups in total. The van der Waals surface area contributed by atoms with Crippen LogP contribution in [0.5, 0.6) is 0 Å². The maximum Gasteiger partial charge on any atom is 0.303 e. The van der Waals surface area contributed by atoms with Crippen molar-refractivity contribution in [1.29, 1.82) is 0 Å². The summed E-state index contributed by atoms with van der Waals surface area (Å²) in [7, 11) is -3.51. The number of nitrogens with zero attached hydrogens (tertiary/aromatic N) is 1. The van der Waals surface area contributed by atoms with Crippen LogP contribution in [0, 0.1) is 5.82 Å². The predicted octanol–water partition coefficient (Wildman–Crippen LogP) is 1.46. The monoisotopic (exact) mass is 275 g/mol. The van der Waals surface area contributed by atoms with Crippen molar-refractivity contribution in [3.8, 4) is 0 Å². The molecule has 0 aromatic heterocycles. The maximum absolute atomic E-state index is 12.8. The average Bonchev–Trinajstić information content (AvgIpc) is 2.24. The van der Waals surface area contributed by atoms with E-state index in [1.807, 2.05) is 0 Å². The third-order valence-corrected chi connectivity index (χ3v) is 3.46. The molecule has 0 radical (unpaired) electrons. The second kappa shape index (κ2) is 5.81. The summed E-state index contributed by atoms with van der Waals surface area (Å²) < 4.78 is 37.0. The molecule has 0 atom stereocenters. The van der Waals surface area contributed by atoms with Gasteiger partial charge in [-0.05, 0) is 30.7 Å². The predicted molar refractivity (Wildman–Crippen MR) is 65.5 cm³/mol. The minimum absolute atomic E-state index is 0.0523. The van der Waals surface area contributed by atoms with Gasteiger partial charge in [0, 0.05) is 13.0 Å². The first kappa shape index (κ1) is 14.4. The highest BCUT2D eigenvalue weighted by molar-refractivity contribution is 7.92. The Morgan fingerprint density at radius 1 is 1.33 bits per heavy atom. The second-order valence-corrected chi connectivity index (χ2v) is 5.72.